The fourth-order valence-electron chi connectivity index (χ4n) is 3.84. The lowest BCUT2D eigenvalue weighted by atomic mass is 10.0. The Morgan fingerprint density at radius 3 is 2.66 bits per heavy atom. The molecule has 0 saturated heterocycles. The van der Waals surface area contributed by atoms with Crippen LogP contribution in [-0.2, 0) is 25.5 Å². The Kier molecular flexibility index (Phi) is 9.08. The van der Waals surface area contributed by atoms with Crippen LogP contribution in [0.2, 0.25) is 0 Å². The summed E-state index contributed by atoms with van der Waals surface area (Å²) in [6, 6.07) is 9.80. The van der Waals surface area contributed by atoms with E-state index < -0.39 is 0 Å². The molecule has 3 rings (SSSR count). The third-order valence-corrected chi connectivity index (χ3v) is 6.56. The van der Waals surface area contributed by atoms with E-state index in [4.69, 9.17) is 14.2 Å². The van der Waals surface area contributed by atoms with Crippen molar-refractivity contribution in [1.82, 2.24) is 9.80 Å². The van der Waals surface area contributed by atoms with E-state index >= 15 is 0 Å². The predicted octanol–water partition coefficient (Wildman–Crippen LogP) is 3.07. The van der Waals surface area contributed by atoms with Gasteiger partial charge in [-0.15, -0.1) is 11.3 Å². The number of thiophene rings is 1. The zero-order valence-corrected chi connectivity index (χ0v) is 19.9. The molecule has 2 amide bonds. The lowest BCUT2D eigenvalue weighted by Gasteiger charge is -2.37. The molecule has 0 N–H and O–H groups in total. The molecule has 0 bridgehead atoms. The maximum absolute atomic E-state index is 13.4. The van der Waals surface area contributed by atoms with Crippen LogP contribution in [0, 0.1) is 6.92 Å². The minimum atomic E-state index is -0.197. The molecule has 0 aliphatic carbocycles. The van der Waals surface area contributed by atoms with Crippen molar-refractivity contribution in [3.05, 3.63) is 51.7 Å². The van der Waals surface area contributed by atoms with Gasteiger partial charge in [0.25, 0.3) is 0 Å². The first-order chi connectivity index (χ1) is 15.5. The number of fused-ring (bicyclic) bond motifs is 1. The van der Waals surface area contributed by atoms with Gasteiger partial charge in [-0.3, -0.25) is 9.59 Å². The van der Waals surface area contributed by atoms with Crippen LogP contribution < -0.4 is 4.74 Å². The van der Waals surface area contributed by atoms with Gasteiger partial charge in [-0.2, -0.15) is 0 Å². The largest absolute Gasteiger partial charge is 0.491 e. The molecule has 2 aromatic rings. The van der Waals surface area contributed by atoms with Crippen LogP contribution in [0.3, 0.4) is 0 Å². The number of benzene rings is 1. The molecule has 0 fully saturated rings. The molecule has 1 aromatic heterocycles. The van der Waals surface area contributed by atoms with Crippen LogP contribution in [0.5, 0.6) is 5.75 Å². The van der Waals surface area contributed by atoms with Crippen molar-refractivity contribution in [3.8, 4) is 5.75 Å². The fourth-order valence-corrected chi connectivity index (χ4v) is 4.77. The van der Waals surface area contributed by atoms with Gasteiger partial charge < -0.3 is 24.0 Å². The van der Waals surface area contributed by atoms with E-state index in [1.54, 1.807) is 23.3 Å². The number of nitrogens with zero attached hydrogens (tertiary/aromatic N) is 2. The Morgan fingerprint density at radius 2 is 1.94 bits per heavy atom. The zero-order chi connectivity index (χ0) is 22.9. The molecule has 0 saturated carbocycles. The van der Waals surface area contributed by atoms with E-state index in [2.05, 4.69) is 11.4 Å². The number of hydrogen-bond donors (Lipinski definition) is 0. The van der Waals surface area contributed by atoms with Crippen LogP contribution in [0.25, 0.3) is 0 Å². The van der Waals surface area contributed by atoms with Crippen LogP contribution in [0.4, 0.5) is 0 Å². The van der Waals surface area contributed by atoms with Crippen LogP contribution in [0.1, 0.15) is 28.5 Å². The maximum Gasteiger partial charge on any atom is 0.249 e. The van der Waals surface area contributed by atoms with E-state index in [1.165, 1.54) is 17.6 Å². The van der Waals surface area contributed by atoms with Crippen LogP contribution in [-0.4, -0.2) is 75.3 Å². The van der Waals surface area contributed by atoms with Gasteiger partial charge in [-0.25, -0.2) is 0 Å². The van der Waals surface area contributed by atoms with Gasteiger partial charge in [0.1, 0.15) is 19.0 Å². The number of hydrogen-bond acceptors (Lipinski definition) is 6. The van der Waals surface area contributed by atoms with Crippen molar-refractivity contribution >= 4 is 23.2 Å². The highest BCUT2D eigenvalue weighted by molar-refractivity contribution is 7.10. The van der Waals surface area contributed by atoms with Crippen molar-refractivity contribution in [2.75, 3.05) is 53.7 Å². The molecule has 0 spiro atoms. The number of carbonyl (C=O) groups excluding carboxylic acids is 2. The summed E-state index contributed by atoms with van der Waals surface area (Å²) in [5.74, 6) is 0.501. The molecule has 8 heteroatoms. The lowest BCUT2D eigenvalue weighted by Crippen LogP contribution is -2.48. The Morgan fingerprint density at radius 1 is 1.16 bits per heavy atom. The van der Waals surface area contributed by atoms with Gasteiger partial charge in [-0.1, -0.05) is 17.7 Å². The zero-order valence-electron chi connectivity index (χ0n) is 19.0. The molecule has 1 atom stereocenters. The fraction of sp³-hybridized carbons (Fsp3) is 0.500. The molecule has 0 radical (unpaired) electrons. The normalized spacial score (nSPS) is 15.3. The first kappa shape index (κ1) is 24.2. The van der Waals surface area contributed by atoms with E-state index in [1.807, 2.05) is 36.1 Å². The van der Waals surface area contributed by atoms with Gasteiger partial charge in [0.05, 0.1) is 12.6 Å². The molecule has 32 heavy (non-hydrogen) atoms. The number of rotatable bonds is 11. The molecule has 1 aliphatic rings. The van der Waals surface area contributed by atoms with Gasteiger partial charge in [-0.05, 0) is 48.9 Å². The summed E-state index contributed by atoms with van der Waals surface area (Å²) in [5, 5.41) is 2.07. The quantitative estimate of drug-likeness (QED) is 0.482. The number of aryl methyl sites for hydroxylation is 1. The topological polar surface area (TPSA) is 68.3 Å². The highest BCUT2D eigenvalue weighted by Gasteiger charge is 2.33. The third-order valence-electron chi connectivity index (χ3n) is 5.57. The smallest absolute Gasteiger partial charge is 0.249 e. The van der Waals surface area contributed by atoms with E-state index in [-0.39, 0.29) is 31.0 Å². The summed E-state index contributed by atoms with van der Waals surface area (Å²) >= 11 is 1.72. The highest BCUT2D eigenvalue weighted by Crippen LogP contribution is 2.34. The highest BCUT2D eigenvalue weighted by atomic mass is 32.1. The molecule has 2 heterocycles. The Balaban J connectivity index is 1.72. The number of ether oxygens (including phenoxy) is 3. The third kappa shape index (κ3) is 6.31. The van der Waals surface area contributed by atoms with Crippen LogP contribution >= 0.6 is 11.3 Å². The first-order valence-corrected chi connectivity index (χ1v) is 11.7. The van der Waals surface area contributed by atoms with Crippen molar-refractivity contribution in [3.63, 3.8) is 0 Å². The van der Waals surface area contributed by atoms with Crippen molar-refractivity contribution in [2.45, 2.75) is 25.8 Å². The Labute approximate surface area is 193 Å². The SMILES string of the molecule is COCCCN(CC(=O)N1CCc2sccc2[C@@H]1COc1ccc(C)cc1)C(=O)COC. The second-order valence-corrected chi connectivity index (χ2v) is 8.87. The minimum Gasteiger partial charge on any atom is -0.491 e. The van der Waals surface area contributed by atoms with Gasteiger partial charge in [0.2, 0.25) is 11.8 Å². The average Bonchev–Trinajstić information content (AvgIpc) is 3.27. The molecule has 1 aliphatic heterocycles. The molecule has 174 valence electrons. The summed E-state index contributed by atoms with van der Waals surface area (Å²) in [4.78, 5) is 30.6. The van der Waals surface area contributed by atoms with Crippen molar-refractivity contribution in [1.29, 1.82) is 0 Å². The lowest BCUT2D eigenvalue weighted by molar-refractivity contribution is -0.144. The molecular weight excluding hydrogens is 428 g/mol. The van der Waals surface area contributed by atoms with Gasteiger partial charge >= 0.3 is 0 Å². The Hall–Kier alpha value is -2.42. The van der Waals surface area contributed by atoms with E-state index in [0.29, 0.717) is 32.7 Å². The molecule has 1 aromatic carbocycles. The predicted molar refractivity (Wildman–Crippen MR) is 124 cm³/mol. The summed E-state index contributed by atoms with van der Waals surface area (Å²) in [5.41, 5.74) is 2.30. The monoisotopic (exact) mass is 460 g/mol. The van der Waals surface area contributed by atoms with Crippen LogP contribution in [0.15, 0.2) is 35.7 Å². The van der Waals surface area contributed by atoms with Crippen molar-refractivity contribution in [2.24, 2.45) is 0 Å². The molecule has 0 unspecified atom stereocenters. The molecule has 7 nitrogen and oxygen atoms in total. The first-order valence-electron chi connectivity index (χ1n) is 10.8. The van der Waals surface area contributed by atoms with E-state index in [9.17, 15) is 9.59 Å². The average molecular weight is 461 g/mol. The summed E-state index contributed by atoms with van der Waals surface area (Å²) in [7, 11) is 3.10. The van der Waals surface area contributed by atoms with Crippen molar-refractivity contribution < 1.29 is 23.8 Å². The van der Waals surface area contributed by atoms with Gasteiger partial charge in [0.15, 0.2) is 0 Å². The summed E-state index contributed by atoms with van der Waals surface area (Å²) in [6.07, 6.45) is 1.48. The van der Waals surface area contributed by atoms with Gasteiger partial charge in [0, 0.05) is 38.8 Å². The molecular formula is C24H32N2O5S. The Bertz CT molecular complexity index is 883. The second-order valence-electron chi connectivity index (χ2n) is 7.87. The minimum absolute atomic E-state index is 0.0202. The number of methoxy groups -OCH3 is 2. The number of carbonyl (C=O) groups is 2. The van der Waals surface area contributed by atoms with E-state index in [0.717, 1.165) is 17.7 Å². The summed E-state index contributed by atoms with van der Waals surface area (Å²) < 4.78 is 16.2. The summed E-state index contributed by atoms with van der Waals surface area (Å²) in [6.45, 7) is 3.96. The second kappa shape index (κ2) is 12.0. The standard InChI is InChI=1S/C24H32N2O5S/c1-18-5-7-19(8-6-18)31-16-21-20-10-14-32-22(20)9-12-26(21)23(27)15-25(11-4-13-29-2)24(28)17-30-3/h5-8,10,14,21H,4,9,11-13,15-17H2,1-3H3/t21-/m0/s1. The maximum atomic E-state index is 13.4. The number of amides is 2.